The first-order chi connectivity index (χ1) is 16.2. The van der Waals surface area contributed by atoms with Gasteiger partial charge in [0.25, 0.3) is 5.91 Å². The van der Waals surface area contributed by atoms with Crippen LogP contribution in [0.4, 0.5) is 11.4 Å². The molecule has 7 nitrogen and oxygen atoms in total. The Labute approximate surface area is 202 Å². The number of rotatable bonds is 9. The molecule has 0 aromatic heterocycles. The lowest BCUT2D eigenvalue weighted by Crippen LogP contribution is -2.42. The molecule has 0 saturated carbocycles. The maximum atomic E-state index is 13.3. The average molecular weight is 469 g/mol. The number of amides is 2. The summed E-state index contributed by atoms with van der Waals surface area (Å²) < 4.78 is 17.2. The molecule has 1 aliphatic rings. The van der Waals surface area contributed by atoms with E-state index in [0.29, 0.717) is 66.5 Å². The normalized spacial score (nSPS) is 14.8. The Morgan fingerprint density at radius 1 is 1.09 bits per heavy atom. The summed E-state index contributed by atoms with van der Waals surface area (Å²) in [5, 5.41) is 2.94. The maximum absolute atomic E-state index is 13.3. The number of nitrogens with zero attached hydrogens (tertiary/aromatic N) is 1. The van der Waals surface area contributed by atoms with E-state index in [4.69, 9.17) is 14.2 Å². The topological polar surface area (TPSA) is 77.1 Å². The molecule has 1 aliphatic heterocycles. The van der Waals surface area contributed by atoms with Gasteiger partial charge < -0.3 is 24.4 Å². The molecule has 0 bridgehead atoms. The minimum atomic E-state index is -0.641. The number of carbonyl (C=O) groups excluding carboxylic acids is 2. The van der Waals surface area contributed by atoms with Gasteiger partial charge in [-0.15, -0.1) is 0 Å². The monoisotopic (exact) mass is 468 g/mol. The molecule has 0 unspecified atom stereocenters. The van der Waals surface area contributed by atoms with E-state index in [1.165, 1.54) is 0 Å². The molecule has 184 valence electrons. The third-order valence-corrected chi connectivity index (χ3v) is 5.66. The number of nitrogens with one attached hydrogen (secondary N) is 1. The van der Waals surface area contributed by atoms with Crippen LogP contribution in [-0.4, -0.2) is 38.2 Å². The van der Waals surface area contributed by atoms with Gasteiger partial charge >= 0.3 is 0 Å². The van der Waals surface area contributed by atoms with Crippen molar-refractivity contribution in [3.05, 3.63) is 42.0 Å². The van der Waals surface area contributed by atoms with Crippen molar-refractivity contribution in [2.45, 2.75) is 48.0 Å². The molecule has 2 amide bonds. The highest BCUT2D eigenvalue weighted by molar-refractivity contribution is 6.06. The number of carbonyl (C=O) groups is 2. The molecular formula is C27H36N2O5. The quantitative estimate of drug-likeness (QED) is 0.523. The van der Waals surface area contributed by atoms with Crippen molar-refractivity contribution in [1.29, 1.82) is 0 Å². The molecule has 7 heteroatoms. The molecule has 1 heterocycles. The summed E-state index contributed by atoms with van der Waals surface area (Å²) in [5.74, 6) is 1.96. The van der Waals surface area contributed by atoms with Crippen molar-refractivity contribution >= 4 is 23.2 Å². The number of ether oxygens (including phenoxy) is 3. The molecule has 0 atom stereocenters. The van der Waals surface area contributed by atoms with E-state index in [9.17, 15) is 9.59 Å². The van der Waals surface area contributed by atoms with Crippen LogP contribution in [0.25, 0.3) is 0 Å². The third-order valence-electron chi connectivity index (χ3n) is 5.66. The predicted octanol–water partition coefficient (Wildman–Crippen LogP) is 5.53. The molecule has 2 aromatic carbocycles. The molecule has 3 rings (SSSR count). The molecule has 0 saturated heterocycles. The smallest absolute Gasteiger partial charge is 0.255 e. The van der Waals surface area contributed by atoms with Crippen LogP contribution in [0.5, 0.6) is 17.2 Å². The lowest BCUT2D eigenvalue weighted by Gasteiger charge is -2.28. The molecule has 34 heavy (non-hydrogen) atoms. The average Bonchev–Trinajstić information content (AvgIpc) is 2.88. The summed E-state index contributed by atoms with van der Waals surface area (Å²) in [7, 11) is 0. The summed E-state index contributed by atoms with van der Waals surface area (Å²) >= 11 is 0. The van der Waals surface area contributed by atoms with Gasteiger partial charge in [-0.1, -0.05) is 13.8 Å². The maximum Gasteiger partial charge on any atom is 0.255 e. The van der Waals surface area contributed by atoms with Gasteiger partial charge in [0.2, 0.25) is 5.91 Å². The molecule has 1 N–H and O–H groups in total. The minimum Gasteiger partial charge on any atom is -0.490 e. The van der Waals surface area contributed by atoms with Crippen molar-refractivity contribution in [3.8, 4) is 17.2 Å². The van der Waals surface area contributed by atoms with Gasteiger partial charge in [-0.05, 0) is 76.4 Å². The summed E-state index contributed by atoms with van der Waals surface area (Å²) in [5.41, 5.74) is 1.07. The lowest BCUT2D eigenvalue weighted by atomic mass is 9.92. The fraction of sp³-hybridized carbons (Fsp3) is 0.481. The zero-order chi connectivity index (χ0) is 24.9. The van der Waals surface area contributed by atoms with Crippen molar-refractivity contribution < 1.29 is 23.8 Å². The fourth-order valence-electron chi connectivity index (χ4n) is 3.73. The summed E-state index contributed by atoms with van der Waals surface area (Å²) in [6.45, 7) is 13.7. The van der Waals surface area contributed by atoms with Gasteiger partial charge in [-0.3, -0.25) is 9.59 Å². The van der Waals surface area contributed by atoms with E-state index in [1.54, 1.807) is 29.2 Å². The highest BCUT2D eigenvalue weighted by Gasteiger charge is 2.37. The standard InChI is InChI=1S/C27H36N2O5/c1-7-32-23-11-9-19(15-24(23)33-8-2)25(30)28-20-10-12-22-21(16-20)29(14-13-18(3)4)26(31)27(5,6)17-34-22/h9-12,15-16,18H,7-8,13-14,17H2,1-6H3,(H,28,30). The number of benzene rings is 2. The van der Waals surface area contributed by atoms with Crippen LogP contribution in [0.2, 0.25) is 0 Å². The van der Waals surface area contributed by atoms with Crippen LogP contribution in [0.1, 0.15) is 58.3 Å². The zero-order valence-electron chi connectivity index (χ0n) is 21.1. The highest BCUT2D eigenvalue weighted by atomic mass is 16.5. The van der Waals surface area contributed by atoms with Gasteiger partial charge in [-0.2, -0.15) is 0 Å². The van der Waals surface area contributed by atoms with E-state index in [-0.39, 0.29) is 11.8 Å². The van der Waals surface area contributed by atoms with Crippen LogP contribution < -0.4 is 24.4 Å². The van der Waals surface area contributed by atoms with Crippen LogP contribution in [0.3, 0.4) is 0 Å². The Bertz CT molecular complexity index is 1030. The minimum absolute atomic E-state index is 0.0169. The molecule has 0 fully saturated rings. The van der Waals surface area contributed by atoms with Gasteiger partial charge in [-0.25, -0.2) is 0 Å². The largest absolute Gasteiger partial charge is 0.490 e. The van der Waals surface area contributed by atoms with Gasteiger partial charge in [0.1, 0.15) is 12.4 Å². The number of hydrogen-bond donors (Lipinski definition) is 1. The van der Waals surface area contributed by atoms with Crippen molar-refractivity contribution in [1.82, 2.24) is 0 Å². The van der Waals surface area contributed by atoms with Gasteiger partial charge in [0, 0.05) is 17.8 Å². The molecule has 2 aromatic rings. The second-order valence-corrected chi connectivity index (χ2v) is 9.48. The van der Waals surface area contributed by atoms with Crippen LogP contribution >= 0.6 is 0 Å². The van der Waals surface area contributed by atoms with E-state index >= 15 is 0 Å². The fourth-order valence-corrected chi connectivity index (χ4v) is 3.73. The molecule has 0 aliphatic carbocycles. The first kappa shape index (κ1) is 25.4. The van der Waals surface area contributed by atoms with Crippen molar-refractivity contribution in [2.75, 3.05) is 36.6 Å². The first-order valence-corrected chi connectivity index (χ1v) is 12.0. The second kappa shape index (κ2) is 10.8. The van der Waals surface area contributed by atoms with E-state index < -0.39 is 5.41 Å². The zero-order valence-corrected chi connectivity index (χ0v) is 21.1. The van der Waals surface area contributed by atoms with Crippen molar-refractivity contribution in [2.24, 2.45) is 11.3 Å². The van der Waals surface area contributed by atoms with Crippen LogP contribution in [-0.2, 0) is 4.79 Å². The number of fused-ring (bicyclic) bond motifs is 1. The van der Waals surface area contributed by atoms with Gasteiger partial charge in [0.15, 0.2) is 11.5 Å². The second-order valence-electron chi connectivity index (χ2n) is 9.48. The van der Waals surface area contributed by atoms with E-state index in [1.807, 2.05) is 39.8 Å². The van der Waals surface area contributed by atoms with Crippen LogP contribution in [0.15, 0.2) is 36.4 Å². The predicted molar refractivity (Wildman–Crippen MR) is 134 cm³/mol. The summed E-state index contributed by atoms with van der Waals surface area (Å²) in [6.07, 6.45) is 0.865. The van der Waals surface area contributed by atoms with Crippen LogP contribution in [0, 0.1) is 11.3 Å². The molecular weight excluding hydrogens is 432 g/mol. The lowest BCUT2D eigenvalue weighted by molar-refractivity contribution is -0.127. The third kappa shape index (κ3) is 5.82. The Hall–Kier alpha value is -3.22. The first-order valence-electron chi connectivity index (χ1n) is 12.0. The molecule has 0 spiro atoms. The number of anilines is 2. The molecule has 0 radical (unpaired) electrons. The summed E-state index contributed by atoms with van der Waals surface area (Å²) in [4.78, 5) is 28.1. The Balaban J connectivity index is 1.88. The van der Waals surface area contributed by atoms with Crippen molar-refractivity contribution in [3.63, 3.8) is 0 Å². The Morgan fingerprint density at radius 2 is 1.79 bits per heavy atom. The summed E-state index contributed by atoms with van der Waals surface area (Å²) in [6, 6.07) is 10.5. The Kier molecular flexibility index (Phi) is 8.07. The van der Waals surface area contributed by atoms with E-state index in [2.05, 4.69) is 19.2 Å². The SMILES string of the molecule is CCOc1ccc(C(=O)Nc2ccc3c(c2)N(CCC(C)C)C(=O)C(C)(C)CO3)cc1OCC. The van der Waals surface area contributed by atoms with E-state index in [0.717, 1.165) is 6.42 Å². The number of hydrogen-bond acceptors (Lipinski definition) is 5. The van der Waals surface area contributed by atoms with Gasteiger partial charge in [0.05, 0.1) is 24.3 Å². The highest BCUT2D eigenvalue weighted by Crippen LogP contribution is 2.39. The Morgan fingerprint density at radius 3 is 2.47 bits per heavy atom.